The van der Waals surface area contributed by atoms with Crippen LogP contribution in [-0.2, 0) is 0 Å². The number of nitrogens with zero attached hydrogens (tertiary/aromatic N) is 1. The Balaban J connectivity index is 2.99. The number of anilines is 2. The van der Waals surface area contributed by atoms with E-state index in [4.69, 9.17) is 15.6 Å². The molecule has 1 rings (SSSR count). The SMILES string of the molecule is CCCN(CCO)c1cccc(OC(C)C)c1N. The van der Waals surface area contributed by atoms with Crippen molar-refractivity contribution in [3.63, 3.8) is 0 Å². The minimum absolute atomic E-state index is 0.0972. The molecule has 1 aromatic rings. The summed E-state index contributed by atoms with van der Waals surface area (Å²) in [6.07, 6.45) is 1.11. The fourth-order valence-electron chi connectivity index (χ4n) is 1.91. The van der Waals surface area contributed by atoms with Crippen molar-refractivity contribution in [1.29, 1.82) is 0 Å². The molecule has 102 valence electrons. The quantitative estimate of drug-likeness (QED) is 0.731. The summed E-state index contributed by atoms with van der Waals surface area (Å²) in [6, 6.07) is 5.78. The second kappa shape index (κ2) is 7.11. The molecule has 0 heterocycles. The molecule has 0 amide bonds. The molecule has 3 N–H and O–H groups in total. The number of rotatable bonds is 7. The van der Waals surface area contributed by atoms with Crippen LogP contribution in [0, 0.1) is 0 Å². The molecule has 0 fully saturated rings. The van der Waals surface area contributed by atoms with E-state index in [9.17, 15) is 0 Å². The van der Waals surface area contributed by atoms with Crippen LogP contribution < -0.4 is 15.4 Å². The third-order valence-electron chi connectivity index (χ3n) is 2.61. The predicted octanol–water partition coefficient (Wildman–Crippen LogP) is 2.26. The largest absolute Gasteiger partial charge is 0.489 e. The smallest absolute Gasteiger partial charge is 0.144 e. The second-order valence-electron chi connectivity index (χ2n) is 4.57. The van der Waals surface area contributed by atoms with E-state index in [1.807, 2.05) is 32.0 Å². The molecule has 0 atom stereocenters. The number of hydrogen-bond donors (Lipinski definition) is 2. The normalized spacial score (nSPS) is 10.7. The highest BCUT2D eigenvalue weighted by Crippen LogP contribution is 2.32. The van der Waals surface area contributed by atoms with Crippen LogP contribution in [0.15, 0.2) is 18.2 Å². The molecule has 0 saturated carbocycles. The Bertz CT molecular complexity index is 361. The molecule has 0 radical (unpaired) electrons. The first-order chi connectivity index (χ1) is 8.60. The summed E-state index contributed by atoms with van der Waals surface area (Å²) in [5, 5.41) is 9.12. The van der Waals surface area contributed by atoms with Crippen molar-refractivity contribution in [2.24, 2.45) is 0 Å². The number of aliphatic hydroxyl groups is 1. The molecule has 18 heavy (non-hydrogen) atoms. The van der Waals surface area contributed by atoms with Gasteiger partial charge < -0.3 is 20.5 Å². The van der Waals surface area contributed by atoms with E-state index in [1.54, 1.807) is 0 Å². The summed E-state index contributed by atoms with van der Waals surface area (Å²) in [5.41, 5.74) is 7.73. The summed E-state index contributed by atoms with van der Waals surface area (Å²) < 4.78 is 5.68. The summed E-state index contributed by atoms with van der Waals surface area (Å²) in [6.45, 7) is 7.64. The average Bonchev–Trinajstić information content (AvgIpc) is 2.31. The fraction of sp³-hybridized carbons (Fsp3) is 0.571. The van der Waals surface area contributed by atoms with Gasteiger partial charge in [0, 0.05) is 13.1 Å². The first-order valence-electron chi connectivity index (χ1n) is 6.51. The van der Waals surface area contributed by atoms with Crippen molar-refractivity contribution in [2.45, 2.75) is 33.3 Å². The molecule has 0 spiro atoms. The minimum Gasteiger partial charge on any atom is -0.489 e. The third kappa shape index (κ3) is 3.81. The van der Waals surface area contributed by atoms with Crippen molar-refractivity contribution in [1.82, 2.24) is 0 Å². The molecule has 0 bridgehead atoms. The lowest BCUT2D eigenvalue weighted by molar-refractivity contribution is 0.244. The third-order valence-corrected chi connectivity index (χ3v) is 2.61. The van der Waals surface area contributed by atoms with Gasteiger partial charge in [0.25, 0.3) is 0 Å². The van der Waals surface area contributed by atoms with Crippen molar-refractivity contribution in [3.05, 3.63) is 18.2 Å². The lowest BCUT2D eigenvalue weighted by Gasteiger charge is -2.26. The lowest BCUT2D eigenvalue weighted by atomic mass is 10.2. The van der Waals surface area contributed by atoms with E-state index in [0.29, 0.717) is 18.0 Å². The van der Waals surface area contributed by atoms with Crippen molar-refractivity contribution in [2.75, 3.05) is 30.3 Å². The lowest BCUT2D eigenvalue weighted by Crippen LogP contribution is -2.28. The molecule has 0 unspecified atom stereocenters. The molecular formula is C14H24N2O2. The van der Waals surface area contributed by atoms with Crippen molar-refractivity contribution < 1.29 is 9.84 Å². The summed E-state index contributed by atoms with van der Waals surface area (Å²) in [7, 11) is 0. The van der Waals surface area contributed by atoms with E-state index in [1.165, 1.54) is 0 Å². The van der Waals surface area contributed by atoms with Crippen LogP contribution in [0.25, 0.3) is 0 Å². The predicted molar refractivity (Wildman–Crippen MR) is 76.2 cm³/mol. The zero-order chi connectivity index (χ0) is 13.5. The van der Waals surface area contributed by atoms with Crippen molar-refractivity contribution in [3.8, 4) is 5.75 Å². The van der Waals surface area contributed by atoms with Crippen LogP contribution >= 0.6 is 0 Å². The number of aliphatic hydroxyl groups excluding tert-OH is 1. The standard InChI is InChI=1S/C14H24N2O2/c1-4-8-16(9-10-17)12-6-5-7-13(14(12)15)18-11(2)3/h5-7,11,17H,4,8-10,15H2,1-3H3. The van der Waals surface area contributed by atoms with Gasteiger partial charge in [-0.15, -0.1) is 0 Å². The molecule has 4 nitrogen and oxygen atoms in total. The van der Waals surface area contributed by atoms with Crippen LogP contribution in [-0.4, -0.2) is 30.9 Å². The molecular weight excluding hydrogens is 228 g/mol. The Morgan fingerprint density at radius 1 is 1.33 bits per heavy atom. The van der Waals surface area contributed by atoms with Gasteiger partial charge in [-0.05, 0) is 32.4 Å². The average molecular weight is 252 g/mol. The first-order valence-corrected chi connectivity index (χ1v) is 6.51. The number of hydrogen-bond acceptors (Lipinski definition) is 4. The van der Waals surface area contributed by atoms with Gasteiger partial charge in [-0.25, -0.2) is 0 Å². The van der Waals surface area contributed by atoms with Crippen molar-refractivity contribution >= 4 is 11.4 Å². The topological polar surface area (TPSA) is 58.7 Å². The Labute approximate surface area is 109 Å². The molecule has 0 aliphatic heterocycles. The van der Waals surface area contributed by atoms with E-state index >= 15 is 0 Å². The number of para-hydroxylation sites is 1. The summed E-state index contributed by atoms with van der Waals surface area (Å²) >= 11 is 0. The van der Waals surface area contributed by atoms with Crippen LogP contribution in [0.3, 0.4) is 0 Å². The molecule has 0 aliphatic rings. The zero-order valence-electron chi connectivity index (χ0n) is 11.5. The Morgan fingerprint density at radius 3 is 2.61 bits per heavy atom. The van der Waals surface area contributed by atoms with Crippen LogP contribution in [0.4, 0.5) is 11.4 Å². The molecule has 0 saturated heterocycles. The van der Waals surface area contributed by atoms with Gasteiger partial charge in [0.15, 0.2) is 0 Å². The highest BCUT2D eigenvalue weighted by atomic mass is 16.5. The van der Waals surface area contributed by atoms with Gasteiger partial charge in [-0.2, -0.15) is 0 Å². The van der Waals surface area contributed by atoms with Gasteiger partial charge in [-0.3, -0.25) is 0 Å². The van der Waals surface area contributed by atoms with Crippen LogP contribution in [0.5, 0.6) is 5.75 Å². The second-order valence-corrected chi connectivity index (χ2v) is 4.57. The Kier molecular flexibility index (Phi) is 5.78. The van der Waals surface area contributed by atoms with E-state index < -0.39 is 0 Å². The van der Waals surface area contributed by atoms with E-state index in [0.717, 1.165) is 18.7 Å². The molecule has 4 heteroatoms. The minimum atomic E-state index is 0.0972. The Hall–Kier alpha value is -1.42. The van der Waals surface area contributed by atoms with E-state index in [2.05, 4.69) is 11.8 Å². The van der Waals surface area contributed by atoms with Gasteiger partial charge in [0.2, 0.25) is 0 Å². The maximum absolute atomic E-state index is 9.12. The number of ether oxygens (including phenoxy) is 1. The fourth-order valence-corrected chi connectivity index (χ4v) is 1.91. The van der Waals surface area contributed by atoms with Gasteiger partial charge >= 0.3 is 0 Å². The molecule has 0 aliphatic carbocycles. The maximum Gasteiger partial charge on any atom is 0.144 e. The Morgan fingerprint density at radius 2 is 2.06 bits per heavy atom. The highest BCUT2D eigenvalue weighted by Gasteiger charge is 2.12. The number of nitrogens with two attached hydrogens (primary N) is 1. The summed E-state index contributed by atoms with van der Waals surface area (Å²) in [4.78, 5) is 2.09. The van der Waals surface area contributed by atoms with Crippen LogP contribution in [0.2, 0.25) is 0 Å². The first kappa shape index (κ1) is 14.6. The highest BCUT2D eigenvalue weighted by molar-refractivity contribution is 5.74. The number of nitrogen functional groups attached to an aromatic ring is 1. The molecule has 1 aromatic carbocycles. The van der Waals surface area contributed by atoms with E-state index in [-0.39, 0.29) is 12.7 Å². The van der Waals surface area contributed by atoms with Gasteiger partial charge in [0.05, 0.1) is 24.1 Å². The van der Waals surface area contributed by atoms with Gasteiger partial charge in [-0.1, -0.05) is 13.0 Å². The monoisotopic (exact) mass is 252 g/mol. The van der Waals surface area contributed by atoms with Crippen LogP contribution in [0.1, 0.15) is 27.2 Å². The number of benzene rings is 1. The zero-order valence-corrected chi connectivity index (χ0v) is 11.5. The molecule has 0 aromatic heterocycles. The maximum atomic E-state index is 9.12. The van der Waals surface area contributed by atoms with Gasteiger partial charge in [0.1, 0.15) is 5.75 Å². The summed E-state index contributed by atoms with van der Waals surface area (Å²) in [5.74, 6) is 0.710.